The molecule has 2 rings (SSSR count). The molecule has 92 valence electrons. The smallest absolute Gasteiger partial charge is 0.358 e. The molecule has 0 aromatic carbocycles. The second-order valence-corrected chi connectivity index (χ2v) is 4.04. The van der Waals surface area contributed by atoms with Gasteiger partial charge in [-0.3, -0.25) is 0 Å². The Labute approximate surface area is 99.8 Å². The molecule has 6 heteroatoms. The maximum absolute atomic E-state index is 11.1. The summed E-state index contributed by atoms with van der Waals surface area (Å²) in [6.07, 6.45) is 1.18. The summed E-state index contributed by atoms with van der Waals surface area (Å²) in [6, 6.07) is 3.34. The summed E-state index contributed by atoms with van der Waals surface area (Å²) in [5, 5.41) is 14.2. The number of anilines is 1. The maximum Gasteiger partial charge on any atom is 0.358 e. The minimum absolute atomic E-state index is 0.223. The Morgan fingerprint density at radius 3 is 3.06 bits per heavy atom. The van der Waals surface area contributed by atoms with Crippen molar-refractivity contribution in [3.63, 3.8) is 0 Å². The van der Waals surface area contributed by atoms with Gasteiger partial charge in [0.15, 0.2) is 5.69 Å². The first-order valence-electron chi connectivity index (χ1n) is 5.66. The van der Waals surface area contributed by atoms with E-state index < -0.39 is 5.97 Å². The number of esters is 1. The van der Waals surface area contributed by atoms with Crippen LogP contribution < -0.4 is 10.6 Å². The molecule has 1 unspecified atom stereocenters. The maximum atomic E-state index is 11.1. The third-order valence-corrected chi connectivity index (χ3v) is 2.79. The lowest BCUT2D eigenvalue weighted by Crippen LogP contribution is -2.18. The molecular formula is C11H16N4O2. The van der Waals surface area contributed by atoms with Gasteiger partial charge in [-0.05, 0) is 37.6 Å². The highest BCUT2D eigenvalue weighted by atomic mass is 16.5. The number of carbonyl (C=O) groups is 1. The summed E-state index contributed by atoms with van der Waals surface area (Å²) < 4.78 is 4.55. The molecule has 1 atom stereocenters. The number of ether oxygens (including phenoxy) is 1. The summed E-state index contributed by atoms with van der Waals surface area (Å²) >= 11 is 0. The average molecular weight is 236 g/mol. The molecule has 0 bridgehead atoms. The fraction of sp³-hybridized carbons (Fsp3) is 0.545. The van der Waals surface area contributed by atoms with Crippen LogP contribution in [0.5, 0.6) is 0 Å². The van der Waals surface area contributed by atoms with Crippen molar-refractivity contribution in [2.24, 2.45) is 5.92 Å². The molecule has 1 saturated heterocycles. The van der Waals surface area contributed by atoms with Crippen LogP contribution in [-0.2, 0) is 4.74 Å². The van der Waals surface area contributed by atoms with Gasteiger partial charge in [-0.2, -0.15) is 0 Å². The van der Waals surface area contributed by atoms with Crippen LogP contribution in [0.1, 0.15) is 16.9 Å². The molecule has 0 amide bonds. The van der Waals surface area contributed by atoms with Gasteiger partial charge in [0.05, 0.1) is 7.11 Å². The molecule has 0 saturated carbocycles. The lowest BCUT2D eigenvalue weighted by Gasteiger charge is -2.09. The third kappa shape index (κ3) is 3.13. The number of methoxy groups -OCH3 is 1. The number of nitrogens with zero attached hydrogens (tertiary/aromatic N) is 2. The molecular weight excluding hydrogens is 220 g/mol. The monoisotopic (exact) mass is 236 g/mol. The van der Waals surface area contributed by atoms with Crippen LogP contribution in [0.15, 0.2) is 12.1 Å². The molecule has 1 aromatic heterocycles. The van der Waals surface area contributed by atoms with E-state index in [0.717, 1.165) is 19.6 Å². The van der Waals surface area contributed by atoms with Crippen LogP contribution in [0, 0.1) is 5.92 Å². The van der Waals surface area contributed by atoms with Gasteiger partial charge in [0.25, 0.3) is 0 Å². The van der Waals surface area contributed by atoms with Crippen molar-refractivity contribution < 1.29 is 9.53 Å². The molecule has 2 N–H and O–H groups in total. The van der Waals surface area contributed by atoms with Gasteiger partial charge in [0.2, 0.25) is 0 Å². The first kappa shape index (κ1) is 11.8. The Balaban J connectivity index is 1.87. The molecule has 0 spiro atoms. The van der Waals surface area contributed by atoms with Crippen molar-refractivity contribution in [3.8, 4) is 0 Å². The first-order valence-corrected chi connectivity index (χ1v) is 5.66. The molecule has 0 radical (unpaired) electrons. The zero-order valence-electron chi connectivity index (χ0n) is 9.77. The van der Waals surface area contributed by atoms with Gasteiger partial charge in [-0.1, -0.05) is 0 Å². The topological polar surface area (TPSA) is 76.1 Å². The Bertz CT molecular complexity index is 374. The minimum Gasteiger partial charge on any atom is -0.464 e. The molecule has 1 aromatic rings. The summed E-state index contributed by atoms with van der Waals surface area (Å²) in [7, 11) is 1.32. The van der Waals surface area contributed by atoms with E-state index in [2.05, 4.69) is 25.6 Å². The Hall–Kier alpha value is -1.69. The van der Waals surface area contributed by atoms with Gasteiger partial charge in [0.1, 0.15) is 5.82 Å². The van der Waals surface area contributed by atoms with E-state index in [1.165, 1.54) is 13.5 Å². The summed E-state index contributed by atoms with van der Waals surface area (Å²) in [5.41, 5.74) is 0.223. The van der Waals surface area contributed by atoms with E-state index in [1.54, 1.807) is 12.1 Å². The minimum atomic E-state index is -0.468. The molecule has 17 heavy (non-hydrogen) atoms. The van der Waals surface area contributed by atoms with Crippen LogP contribution in [-0.4, -0.2) is 42.9 Å². The van der Waals surface area contributed by atoms with E-state index in [1.807, 2.05) is 0 Å². The van der Waals surface area contributed by atoms with Crippen LogP contribution in [0.4, 0.5) is 5.82 Å². The SMILES string of the molecule is COC(=O)c1ccc(NCC2CCNC2)nn1. The van der Waals surface area contributed by atoms with Gasteiger partial charge < -0.3 is 15.4 Å². The van der Waals surface area contributed by atoms with Crippen molar-refractivity contribution in [3.05, 3.63) is 17.8 Å². The number of nitrogens with one attached hydrogen (secondary N) is 2. The van der Waals surface area contributed by atoms with E-state index in [-0.39, 0.29) is 5.69 Å². The number of rotatable bonds is 4. The van der Waals surface area contributed by atoms with Crippen LogP contribution in [0.2, 0.25) is 0 Å². The lowest BCUT2D eigenvalue weighted by molar-refractivity contribution is 0.0593. The van der Waals surface area contributed by atoms with Crippen LogP contribution in [0.3, 0.4) is 0 Å². The van der Waals surface area contributed by atoms with Crippen molar-refractivity contribution in [1.29, 1.82) is 0 Å². The molecule has 1 aliphatic heterocycles. The average Bonchev–Trinajstić information content (AvgIpc) is 2.89. The van der Waals surface area contributed by atoms with E-state index in [9.17, 15) is 4.79 Å². The Kier molecular flexibility index (Phi) is 3.87. The first-order chi connectivity index (χ1) is 8.29. The predicted molar refractivity (Wildman–Crippen MR) is 62.8 cm³/mol. The summed E-state index contributed by atoms with van der Waals surface area (Å²) in [6.45, 7) is 3.00. The largest absolute Gasteiger partial charge is 0.464 e. The Morgan fingerprint density at radius 1 is 1.59 bits per heavy atom. The molecule has 0 aliphatic carbocycles. The number of hydrogen-bond acceptors (Lipinski definition) is 6. The van der Waals surface area contributed by atoms with Gasteiger partial charge >= 0.3 is 5.97 Å². The molecule has 2 heterocycles. The summed E-state index contributed by atoms with van der Waals surface area (Å²) in [5.74, 6) is 0.852. The number of aromatic nitrogens is 2. The van der Waals surface area contributed by atoms with Gasteiger partial charge in [-0.25, -0.2) is 4.79 Å². The zero-order valence-corrected chi connectivity index (χ0v) is 9.77. The van der Waals surface area contributed by atoms with Crippen molar-refractivity contribution in [2.45, 2.75) is 6.42 Å². The van der Waals surface area contributed by atoms with E-state index in [4.69, 9.17) is 0 Å². The van der Waals surface area contributed by atoms with Gasteiger partial charge in [-0.15, -0.1) is 10.2 Å². The standard InChI is InChI=1S/C11H16N4O2/c1-17-11(16)9-2-3-10(15-14-9)13-7-8-4-5-12-6-8/h2-3,8,12H,4-7H2,1H3,(H,13,15). The van der Waals surface area contributed by atoms with Crippen molar-refractivity contribution in [1.82, 2.24) is 15.5 Å². The van der Waals surface area contributed by atoms with Crippen molar-refractivity contribution in [2.75, 3.05) is 32.1 Å². The third-order valence-electron chi connectivity index (χ3n) is 2.79. The molecule has 1 fully saturated rings. The highest BCUT2D eigenvalue weighted by molar-refractivity contribution is 5.86. The highest BCUT2D eigenvalue weighted by Gasteiger charge is 2.14. The molecule has 1 aliphatic rings. The van der Waals surface area contributed by atoms with Crippen molar-refractivity contribution >= 4 is 11.8 Å². The quantitative estimate of drug-likeness (QED) is 0.731. The zero-order chi connectivity index (χ0) is 12.1. The van der Waals surface area contributed by atoms with Crippen LogP contribution >= 0.6 is 0 Å². The number of carbonyl (C=O) groups excluding carboxylic acids is 1. The van der Waals surface area contributed by atoms with E-state index in [0.29, 0.717) is 11.7 Å². The van der Waals surface area contributed by atoms with Crippen LogP contribution in [0.25, 0.3) is 0 Å². The summed E-state index contributed by atoms with van der Waals surface area (Å²) in [4.78, 5) is 11.1. The second kappa shape index (κ2) is 5.58. The Morgan fingerprint density at radius 2 is 2.47 bits per heavy atom. The fourth-order valence-corrected chi connectivity index (χ4v) is 1.78. The predicted octanol–water partition coefficient (Wildman–Crippen LogP) is 0.285. The highest BCUT2D eigenvalue weighted by Crippen LogP contribution is 2.09. The second-order valence-electron chi connectivity index (χ2n) is 4.04. The van der Waals surface area contributed by atoms with Gasteiger partial charge in [0, 0.05) is 6.54 Å². The lowest BCUT2D eigenvalue weighted by atomic mass is 10.1. The fourth-order valence-electron chi connectivity index (χ4n) is 1.78. The van der Waals surface area contributed by atoms with E-state index >= 15 is 0 Å². The molecule has 6 nitrogen and oxygen atoms in total. The number of hydrogen-bond donors (Lipinski definition) is 2. The normalized spacial score (nSPS) is 19.0.